The molecule has 0 radical (unpaired) electrons. The Morgan fingerprint density at radius 2 is 1.83 bits per heavy atom. The van der Waals surface area contributed by atoms with E-state index in [-0.39, 0.29) is 5.91 Å². The number of carbonyl (C=O) groups excluding carboxylic acids is 1. The zero-order valence-electron chi connectivity index (χ0n) is 17.0. The second-order valence-electron chi connectivity index (χ2n) is 7.89. The number of piperazine rings is 1. The van der Waals surface area contributed by atoms with Crippen LogP contribution in [0.2, 0.25) is 0 Å². The van der Waals surface area contributed by atoms with Gasteiger partial charge in [-0.15, -0.1) is 5.10 Å². The van der Waals surface area contributed by atoms with Gasteiger partial charge in [0.05, 0.1) is 18.4 Å². The van der Waals surface area contributed by atoms with Gasteiger partial charge in [0.25, 0.3) is 0 Å². The zero-order chi connectivity index (χ0) is 20.4. The van der Waals surface area contributed by atoms with Crippen molar-refractivity contribution in [2.45, 2.75) is 13.0 Å². The first kappa shape index (κ1) is 19.4. The first-order valence-corrected chi connectivity index (χ1v) is 9.88. The van der Waals surface area contributed by atoms with Crippen molar-refractivity contribution in [2.75, 3.05) is 52.6 Å². The van der Waals surface area contributed by atoms with Crippen molar-refractivity contribution in [1.82, 2.24) is 34.5 Å². The second kappa shape index (κ2) is 8.22. The number of amides is 1. The van der Waals surface area contributed by atoms with E-state index in [1.54, 1.807) is 0 Å². The number of likely N-dealkylation sites (N-methyl/N-ethyl adjacent to an activating group) is 1. The van der Waals surface area contributed by atoms with Gasteiger partial charge in [-0.05, 0) is 25.2 Å². The fourth-order valence-electron chi connectivity index (χ4n) is 3.71. The molecule has 3 aromatic rings. The topological polar surface area (TPSA) is 98.8 Å². The predicted octanol–water partition coefficient (Wildman–Crippen LogP) is 0.436. The van der Waals surface area contributed by atoms with Crippen molar-refractivity contribution >= 4 is 17.4 Å². The third-order valence-electron chi connectivity index (χ3n) is 5.33. The summed E-state index contributed by atoms with van der Waals surface area (Å²) in [5, 5.41) is 6.87. The quantitative estimate of drug-likeness (QED) is 0.627. The van der Waals surface area contributed by atoms with E-state index in [4.69, 9.17) is 5.73 Å². The van der Waals surface area contributed by atoms with Gasteiger partial charge in [-0.2, -0.15) is 0 Å². The molecule has 1 aromatic carbocycles. The van der Waals surface area contributed by atoms with E-state index in [1.165, 1.54) is 11.1 Å². The lowest BCUT2D eigenvalue weighted by Gasteiger charge is -2.35. The van der Waals surface area contributed by atoms with Crippen LogP contribution in [0.4, 0.5) is 5.82 Å². The molecule has 9 heteroatoms. The molecule has 0 atom stereocenters. The maximum absolute atomic E-state index is 12.2. The van der Waals surface area contributed by atoms with E-state index in [0.29, 0.717) is 18.0 Å². The number of aromatic amines is 1. The van der Waals surface area contributed by atoms with Crippen molar-refractivity contribution in [1.29, 1.82) is 0 Å². The Morgan fingerprint density at radius 1 is 1.14 bits per heavy atom. The average Bonchev–Trinajstić information content (AvgIpc) is 3.27. The lowest BCUT2D eigenvalue weighted by molar-refractivity contribution is -0.133. The summed E-state index contributed by atoms with van der Waals surface area (Å²) >= 11 is 0. The van der Waals surface area contributed by atoms with Crippen LogP contribution in [-0.4, -0.2) is 87.2 Å². The lowest BCUT2D eigenvalue weighted by atomic mass is 10.1. The highest BCUT2D eigenvalue weighted by molar-refractivity contribution is 5.78. The fourth-order valence-corrected chi connectivity index (χ4v) is 3.71. The molecule has 1 aliphatic rings. The number of nitrogens with zero attached hydrogens (tertiary/aromatic N) is 6. The Labute approximate surface area is 170 Å². The summed E-state index contributed by atoms with van der Waals surface area (Å²) in [6.45, 7) is 4.82. The first-order valence-electron chi connectivity index (χ1n) is 9.88. The summed E-state index contributed by atoms with van der Waals surface area (Å²) in [6.07, 6.45) is 2.59. The van der Waals surface area contributed by atoms with Crippen LogP contribution in [0.25, 0.3) is 5.65 Å². The number of hydrogen-bond donors (Lipinski definition) is 2. The number of nitrogen functional groups attached to an aromatic ring is 1. The number of nitrogens with one attached hydrogen (secondary N) is 1. The molecule has 1 saturated heterocycles. The summed E-state index contributed by atoms with van der Waals surface area (Å²) in [5.74, 6) is 0.627. The Hall–Kier alpha value is -2.91. The largest absolute Gasteiger partial charge is 0.379 e. The first-order chi connectivity index (χ1) is 14.0. The van der Waals surface area contributed by atoms with E-state index in [0.717, 1.165) is 44.8 Å². The number of benzene rings is 1. The third-order valence-corrected chi connectivity index (χ3v) is 5.33. The van der Waals surface area contributed by atoms with Gasteiger partial charge in [0.2, 0.25) is 5.91 Å². The number of aromatic nitrogens is 4. The molecule has 3 N–H and O–H groups in total. The zero-order valence-corrected chi connectivity index (χ0v) is 17.0. The number of nitrogens with two attached hydrogens (primary N) is 1. The van der Waals surface area contributed by atoms with E-state index >= 15 is 0 Å². The third kappa shape index (κ3) is 4.41. The molecule has 4 rings (SSSR count). The highest BCUT2D eigenvalue weighted by Crippen LogP contribution is 2.16. The average molecular weight is 396 g/mol. The number of imidazole rings is 1. The van der Waals surface area contributed by atoms with Crippen LogP contribution in [0.3, 0.4) is 0 Å². The molecule has 0 spiro atoms. The normalized spacial score (nSPS) is 15.5. The molecule has 29 heavy (non-hydrogen) atoms. The van der Waals surface area contributed by atoms with Gasteiger partial charge < -0.3 is 15.5 Å². The van der Waals surface area contributed by atoms with E-state index in [9.17, 15) is 4.79 Å². The van der Waals surface area contributed by atoms with Gasteiger partial charge in [0.15, 0.2) is 11.5 Å². The fraction of sp³-hybridized carbons (Fsp3) is 0.450. The van der Waals surface area contributed by atoms with Crippen molar-refractivity contribution in [2.24, 2.45) is 0 Å². The summed E-state index contributed by atoms with van der Waals surface area (Å²) in [6, 6.07) is 8.67. The van der Waals surface area contributed by atoms with Crippen molar-refractivity contribution in [3.8, 4) is 0 Å². The van der Waals surface area contributed by atoms with Gasteiger partial charge in [-0.1, -0.05) is 24.3 Å². The molecule has 1 aliphatic heterocycles. The SMILES string of the molecule is CN(C)CC(=O)N1CCN(Cc2ccc(Cc3cnc4c(N)n[nH]n34)cc2)CC1. The molecular weight excluding hydrogens is 368 g/mol. The molecule has 3 heterocycles. The predicted molar refractivity (Wildman–Crippen MR) is 111 cm³/mol. The lowest BCUT2D eigenvalue weighted by Crippen LogP contribution is -2.50. The molecular formula is C20H28N8O. The highest BCUT2D eigenvalue weighted by Gasteiger charge is 2.21. The van der Waals surface area contributed by atoms with Gasteiger partial charge >= 0.3 is 0 Å². The number of H-pyrrole nitrogens is 1. The highest BCUT2D eigenvalue weighted by atomic mass is 16.2. The van der Waals surface area contributed by atoms with Crippen LogP contribution >= 0.6 is 0 Å². The molecule has 0 aliphatic carbocycles. The molecule has 0 unspecified atom stereocenters. The van der Waals surface area contributed by atoms with Crippen molar-refractivity contribution in [3.05, 3.63) is 47.3 Å². The number of hydrogen-bond acceptors (Lipinski definition) is 6. The van der Waals surface area contributed by atoms with Crippen molar-refractivity contribution < 1.29 is 4.79 Å². The molecule has 0 bridgehead atoms. The van der Waals surface area contributed by atoms with Crippen molar-refractivity contribution in [3.63, 3.8) is 0 Å². The molecule has 154 valence electrons. The monoisotopic (exact) mass is 396 g/mol. The van der Waals surface area contributed by atoms with Crippen LogP contribution in [0.1, 0.15) is 16.8 Å². The minimum absolute atomic E-state index is 0.215. The maximum Gasteiger partial charge on any atom is 0.236 e. The summed E-state index contributed by atoms with van der Waals surface area (Å²) in [4.78, 5) is 22.8. The van der Waals surface area contributed by atoms with Gasteiger partial charge in [-0.25, -0.2) is 14.7 Å². The maximum atomic E-state index is 12.2. The molecule has 2 aromatic heterocycles. The summed E-state index contributed by atoms with van der Waals surface area (Å²) < 4.78 is 1.82. The van der Waals surface area contributed by atoms with Crippen LogP contribution in [0.15, 0.2) is 30.5 Å². The minimum Gasteiger partial charge on any atom is -0.379 e. The van der Waals surface area contributed by atoms with Gasteiger partial charge in [-0.3, -0.25) is 9.69 Å². The number of anilines is 1. The molecule has 1 amide bonds. The Kier molecular flexibility index (Phi) is 5.50. The summed E-state index contributed by atoms with van der Waals surface area (Å²) in [7, 11) is 3.86. The Morgan fingerprint density at radius 3 is 2.52 bits per heavy atom. The standard InChI is InChI=1S/C20H28N8O/c1-25(2)14-18(29)27-9-7-26(8-10-27)13-16-5-3-15(4-6-16)11-17-12-22-20-19(21)23-24-28(17)20/h3-6,12,24H,7-11,13-14H2,1-2H3,(H2,21,23). The summed E-state index contributed by atoms with van der Waals surface area (Å²) in [5.41, 5.74) is 9.97. The number of carbonyl (C=O) groups is 1. The number of fused-ring (bicyclic) bond motifs is 1. The molecule has 1 fully saturated rings. The van der Waals surface area contributed by atoms with Gasteiger partial charge in [0, 0.05) is 39.1 Å². The van der Waals surface area contributed by atoms with E-state index < -0.39 is 0 Å². The van der Waals surface area contributed by atoms with Crippen LogP contribution in [0.5, 0.6) is 0 Å². The Balaban J connectivity index is 1.30. The smallest absolute Gasteiger partial charge is 0.236 e. The van der Waals surface area contributed by atoms with Gasteiger partial charge in [0.1, 0.15) is 0 Å². The van der Waals surface area contributed by atoms with E-state index in [2.05, 4.69) is 44.5 Å². The molecule has 9 nitrogen and oxygen atoms in total. The molecule has 0 saturated carbocycles. The Bertz CT molecular complexity index is 966. The van der Waals surface area contributed by atoms with Crippen LogP contribution < -0.4 is 5.73 Å². The number of rotatable bonds is 6. The second-order valence-corrected chi connectivity index (χ2v) is 7.89. The van der Waals surface area contributed by atoms with Crippen LogP contribution in [0, 0.1) is 0 Å². The van der Waals surface area contributed by atoms with Crippen LogP contribution in [-0.2, 0) is 17.8 Å². The van der Waals surface area contributed by atoms with E-state index in [1.807, 2.05) is 34.6 Å². The minimum atomic E-state index is 0.215.